The van der Waals surface area contributed by atoms with Crippen LogP contribution in [0, 0.1) is 13.8 Å². The van der Waals surface area contributed by atoms with Crippen molar-refractivity contribution in [2.24, 2.45) is 0 Å². The minimum Gasteiger partial charge on any atom is -0.497 e. The molecule has 0 saturated heterocycles. The summed E-state index contributed by atoms with van der Waals surface area (Å²) < 4.78 is 7.22. The molecule has 0 aliphatic carbocycles. The maximum atomic E-state index is 5.18. The minimum atomic E-state index is 0.707. The first-order valence-electron chi connectivity index (χ1n) is 8.07. The second kappa shape index (κ2) is 6.64. The third kappa shape index (κ3) is 2.95. The van der Waals surface area contributed by atoms with E-state index in [2.05, 4.69) is 38.9 Å². The molecule has 0 aliphatic heterocycles. The number of nitrogens with zero attached hydrogens (tertiary/aromatic N) is 4. The van der Waals surface area contributed by atoms with Crippen LogP contribution in [0.25, 0.3) is 17.2 Å². The molecule has 7 nitrogen and oxygen atoms in total. The zero-order valence-electron chi connectivity index (χ0n) is 14.6. The number of hydrogen-bond acceptors (Lipinski definition) is 6. The summed E-state index contributed by atoms with van der Waals surface area (Å²) in [5, 5.41) is 13.1. The van der Waals surface area contributed by atoms with Gasteiger partial charge in [-0.3, -0.25) is 4.57 Å². The number of nitrogens with one attached hydrogen (secondary N) is 2. The predicted molar refractivity (Wildman–Crippen MR) is 103 cm³/mol. The third-order valence-corrected chi connectivity index (χ3v) is 4.92. The molecule has 0 radical (unpaired) electrons. The van der Waals surface area contributed by atoms with Crippen molar-refractivity contribution in [3.8, 4) is 23.0 Å². The lowest BCUT2D eigenvalue weighted by molar-refractivity contribution is 0.415. The number of benzene rings is 1. The van der Waals surface area contributed by atoms with Crippen LogP contribution in [0.1, 0.15) is 11.4 Å². The first-order valence-corrected chi connectivity index (χ1v) is 8.95. The molecule has 3 heterocycles. The van der Waals surface area contributed by atoms with E-state index in [0.717, 1.165) is 39.2 Å². The Labute approximate surface area is 154 Å². The van der Waals surface area contributed by atoms with E-state index in [9.17, 15) is 0 Å². The Morgan fingerprint density at radius 3 is 2.69 bits per heavy atom. The van der Waals surface area contributed by atoms with Crippen molar-refractivity contribution in [2.45, 2.75) is 13.8 Å². The summed E-state index contributed by atoms with van der Waals surface area (Å²) in [4.78, 5) is 8.98. The SMILES string of the molecule is COc1ccc(Nc2nc(-c3cc(C)n(-c4ncn[nH]4)c3C)cs2)cc1. The fraction of sp³-hybridized carbons (Fsp3) is 0.167. The molecule has 4 aromatic rings. The van der Waals surface area contributed by atoms with Gasteiger partial charge in [-0.25, -0.2) is 10.1 Å². The highest BCUT2D eigenvalue weighted by molar-refractivity contribution is 7.14. The molecule has 1 aromatic carbocycles. The van der Waals surface area contributed by atoms with Crippen molar-refractivity contribution >= 4 is 22.2 Å². The minimum absolute atomic E-state index is 0.707. The normalized spacial score (nSPS) is 10.9. The third-order valence-electron chi connectivity index (χ3n) is 4.17. The number of aryl methyl sites for hydroxylation is 1. The van der Waals surface area contributed by atoms with Crippen LogP contribution < -0.4 is 10.1 Å². The van der Waals surface area contributed by atoms with Crippen LogP contribution in [0.5, 0.6) is 5.75 Å². The summed E-state index contributed by atoms with van der Waals surface area (Å²) >= 11 is 1.57. The Hall–Kier alpha value is -3.13. The van der Waals surface area contributed by atoms with Crippen LogP contribution >= 0.6 is 11.3 Å². The van der Waals surface area contributed by atoms with Crippen LogP contribution in [0.3, 0.4) is 0 Å². The van der Waals surface area contributed by atoms with Gasteiger partial charge in [0.2, 0.25) is 5.95 Å². The lowest BCUT2D eigenvalue weighted by atomic mass is 10.2. The first-order chi connectivity index (χ1) is 12.7. The van der Waals surface area contributed by atoms with Crippen molar-refractivity contribution in [1.29, 1.82) is 0 Å². The molecule has 0 fully saturated rings. The van der Waals surface area contributed by atoms with E-state index >= 15 is 0 Å². The molecule has 26 heavy (non-hydrogen) atoms. The van der Waals surface area contributed by atoms with E-state index in [1.165, 1.54) is 6.33 Å². The number of ether oxygens (including phenoxy) is 1. The highest BCUT2D eigenvalue weighted by Crippen LogP contribution is 2.32. The molecule has 0 amide bonds. The van der Waals surface area contributed by atoms with E-state index in [-0.39, 0.29) is 0 Å². The van der Waals surface area contributed by atoms with Crippen LogP contribution in [0.4, 0.5) is 10.8 Å². The summed E-state index contributed by atoms with van der Waals surface area (Å²) in [7, 11) is 1.66. The standard InChI is InChI=1S/C18H18N6OS/c1-11-8-15(12(2)24(11)17-19-10-20-23-17)16-9-26-18(22-16)21-13-4-6-14(25-3)7-5-13/h4-10H,1-3H3,(H,21,22)(H,19,20,23). The van der Waals surface area contributed by atoms with E-state index in [4.69, 9.17) is 9.72 Å². The highest BCUT2D eigenvalue weighted by Gasteiger charge is 2.16. The van der Waals surface area contributed by atoms with Crippen LogP contribution in [-0.4, -0.2) is 31.8 Å². The fourth-order valence-corrected chi connectivity index (χ4v) is 3.64. The Kier molecular flexibility index (Phi) is 4.18. The summed E-state index contributed by atoms with van der Waals surface area (Å²) in [6.45, 7) is 4.10. The maximum absolute atomic E-state index is 5.18. The van der Waals surface area contributed by atoms with Crippen LogP contribution in [0.15, 0.2) is 42.0 Å². The van der Waals surface area contributed by atoms with Gasteiger partial charge >= 0.3 is 0 Å². The van der Waals surface area contributed by atoms with Gasteiger partial charge in [-0.2, -0.15) is 10.1 Å². The van der Waals surface area contributed by atoms with Crippen molar-refractivity contribution < 1.29 is 4.74 Å². The van der Waals surface area contributed by atoms with Crippen LogP contribution in [0.2, 0.25) is 0 Å². The van der Waals surface area contributed by atoms with Gasteiger partial charge in [0.15, 0.2) is 5.13 Å². The van der Waals surface area contributed by atoms with Gasteiger partial charge in [-0.15, -0.1) is 11.3 Å². The van der Waals surface area contributed by atoms with Crippen molar-refractivity contribution in [3.63, 3.8) is 0 Å². The molecule has 0 atom stereocenters. The molecule has 0 bridgehead atoms. The zero-order chi connectivity index (χ0) is 18.1. The molecule has 0 spiro atoms. The second-order valence-electron chi connectivity index (χ2n) is 5.82. The van der Waals surface area contributed by atoms with E-state index in [0.29, 0.717) is 5.95 Å². The number of anilines is 2. The largest absolute Gasteiger partial charge is 0.497 e. The summed E-state index contributed by atoms with van der Waals surface area (Å²) in [6.07, 6.45) is 1.51. The Bertz CT molecular complexity index is 1020. The van der Waals surface area contributed by atoms with Gasteiger partial charge in [0.05, 0.1) is 12.8 Å². The molecule has 132 valence electrons. The smallest absolute Gasteiger partial charge is 0.229 e. The van der Waals surface area contributed by atoms with Crippen molar-refractivity contribution in [3.05, 3.63) is 53.4 Å². The fourth-order valence-electron chi connectivity index (χ4n) is 2.91. The lowest BCUT2D eigenvalue weighted by Crippen LogP contribution is -2.01. The predicted octanol–water partition coefficient (Wildman–Crippen LogP) is 4.09. The second-order valence-corrected chi connectivity index (χ2v) is 6.68. The number of aromatic amines is 1. The number of rotatable bonds is 5. The number of thiazole rings is 1. The maximum Gasteiger partial charge on any atom is 0.229 e. The van der Waals surface area contributed by atoms with Gasteiger partial charge in [0.25, 0.3) is 0 Å². The van der Waals surface area contributed by atoms with Crippen molar-refractivity contribution in [2.75, 3.05) is 12.4 Å². The summed E-state index contributed by atoms with van der Waals surface area (Å²) in [6, 6.07) is 9.89. The highest BCUT2D eigenvalue weighted by atomic mass is 32.1. The molecule has 8 heteroatoms. The molecule has 0 saturated carbocycles. The number of H-pyrrole nitrogens is 1. The number of hydrogen-bond donors (Lipinski definition) is 2. The number of methoxy groups -OCH3 is 1. The molecule has 0 unspecified atom stereocenters. The molecule has 2 N–H and O–H groups in total. The Morgan fingerprint density at radius 2 is 2.00 bits per heavy atom. The van der Waals surface area contributed by atoms with Gasteiger partial charge in [-0.05, 0) is 44.2 Å². The van der Waals surface area contributed by atoms with Gasteiger partial charge in [0, 0.05) is 28.0 Å². The van der Waals surface area contributed by atoms with Crippen LogP contribution in [-0.2, 0) is 0 Å². The summed E-state index contributed by atoms with van der Waals surface area (Å²) in [5.74, 6) is 1.54. The average molecular weight is 366 g/mol. The van der Waals surface area contributed by atoms with Gasteiger partial charge < -0.3 is 10.1 Å². The zero-order valence-corrected chi connectivity index (χ0v) is 15.5. The quantitative estimate of drug-likeness (QED) is 0.556. The molecule has 4 rings (SSSR count). The molecule has 3 aromatic heterocycles. The van der Waals surface area contributed by atoms with Gasteiger partial charge in [-0.1, -0.05) is 0 Å². The van der Waals surface area contributed by atoms with E-state index in [1.807, 2.05) is 35.8 Å². The lowest BCUT2D eigenvalue weighted by Gasteiger charge is -2.05. The van der Waals surface area contributed by atoms with Crippen molar-refractivity contribution in [1.82, 2.24) is 24.7 Å². The van der Waals surface area contributed by atoms with Gasteiger partial charge in [0.1, 0.15) is 12.1 Å². The monoisotopic (exact) mass is 366 g/mol. The Balaban J connectivity index is 1.61. The molecular weight excluding hydrogens is 348 g/mol. The average Bonchev–Trinajstić information content (AvgIpc) is 3.37. The molecule has 0 aliphatic rings. The van der Waals surface area contributed by atoms with E-state index in [1.54, 1.807) is 18.4 Å². The van der Waals surface area contributed by atoms with E-state index < -0.39 is 0 Å². The Morgan fingerprint density at radius 1 is 1.19 bits per heavy atom. The number of aromatic nitrogens is 5. The molecular formula is C18H18N6OS. The first kappa shape index (κ1) is 16.3. The topological polar surface area (TPSA) is 80.7 Å². The summed E-state index contributed by atoms with van der Waals surface area (Å²) in [5.41, 5.74) is 5.13.